The van der Waals surface area contributed by atoms with Crippen molar-refractivity contribution in [3.8, 4) is 17.1 Å². The van der Waals surface area contributed by atoms with Gasteiger partial charge >= 0.3 is 5.97 Å². The minimum Gasteiger partial charge on any atom is -0.496 e. The number of esters is 1. The molecular formula is C19H21N3O3. The first-order chi connectivity index (χ1) is 11.9. The Labute approximate surface area is 146 Å². The summed E-state index contributed by atoms with van der Waals surface area (Å²) in [6, 6.07) is 11.3. The van der Waals surface area contributed by atoms with Crippen LogP contribution in [-0.2, 0) is 16.0 Å². The largest absolute Gasteiger partial charge is 0.496 e. The van der Waals surface area contributed by atoms with Crippen LogP contribution in [0.3, 0.4) is 0 Å². The molecule has 130 valence electrons. The monoisotopic (exact) mass is 339 g/mol. The second-order valence-electron chi connectivity index (χ2n) is 6.74. The van der Waals surface area contributed by atoms with Gasteiger partial charge < -0.3 is 9.47 Å². The van der Waals surface area contributed by atoms with E-state index in [0.717, 1.165) is 11.1 Å². The zero-order valence-corrected chi connectivity index (χ0v) is 14.8. The van der Waals surface area contributed by atoms with E-state index in [0.29, 0.717) is 17.2 Å². The van der Waals surface area contributed by atoms with Gasteiger partial charge in [0.2, 0.25) is 0 Å². The van der Waals surface area contributed by atoms with Gasteiger partial charge in [-0.15, -0.1) is 5.10 Å². The van der Waals surface area contributed by atoms with Crippen LogP contribution in [-0.4, -0.2) is 33.3 Å². The fourth-order valence-electron chi connectivity index (χ4n) is 2.52. The molecule has 2 aromatic heterocycles. The van der Waals surface area contributed by atoms with Crippen molar-refractivity contribution in [1.82, 2.24) is 14.6 Å². The van der Waals surface area contributed by atoms with Gasteiger partial charge in [0, 0.05) is 6.20 Å². The molecule has 0 saturated carbocycles. The van der Waals surface area contributed by atoms with Crippen molar-refractivity contribution in [3.63, 3.8) is 0 Å². The van der Waals surface area contributed by atoms with Gasteiger partial charge in [-0.05, 0) is 50.6 Å². The Hall–Kier alpha value is -2.89. The third-order valence-corrected chi connectivity index (χ3v) is 3.52. The number of nitrogens with zero attached hydrogens (tertiary/aromatic N) is 3. The van der Waals surface area contributed by atoms with Crippen LogP contribution in [0.2, 0.25) is 0 Å². The molecular weight excluding hydrogens is 318 g/mol. The van der Waals surface area contributed by atoms with Crippen molar-refractivity contribution in [2.24, 2.45) is 0 Å². The fraction of sp³-hybridized carbons (Fsp3) is 0.316. The average molecular weight is 339 g/mol. The van der Waals surface area contributed by atoms with Crippen molar-refractivity contribution in [2.45, 2.75) is 32.8 Å². The normalized spacial score (nSPS) is 11.5. The van der Waals surface area contributed by atoms with Gasteiger partial charge in [0.25, 0.3) is 0 Å². The highest BCUT2D eigenvalue weighted by Crippen LogP contribution is 2.27. The highest BCUT2D eigenvalue weighted by Gasteiger charge is 2.17. The summed E-state index contributed by atoms with van der Waals surface area (Å²) in [4.78, 5) is 16.5. The Morgan fingerprint density at radius 1 is 1.20 bits per heavy atom. The molecule has 0 aliphatic rings. The molecule has 3 rings (SSSR count). The standard InChI is InChI=1S/C19H21N3O3/c1-19(2,3)25-17(23)12-13-9-10-22-16(11-13)20-18(21-22)14-7-5-6-8-15(14)24-4/h5-11H,12H2,1-4H3. The van der Waals surface area contributed by atoms with Gasteiger partial charge in [0.05, 0.1) is 19.1 Å². The predicted octanol–water partition coefficient (Wildman–Crippen LogP) is 3.29. The number of para-hydroxylation sites is 1. The molecule has 0 spiro atoms. The molecule has 0 atom stereocenters. The molecule has 0 N–H and O–H groups in total. The zero-order valence-electron chi connectivity index (χ0n) is 14.8. The quantitative estimate of drug-likeness (QED) is 0.683. The zero-order chi connectivity index (χ0) is 18.0. The Morgan fingerprint density at radius 2 is 1.96 bits per heavy atom. The van der Waals surface area contributed by atoms with Crippen LogP contribution in [0, 0.1) is 0 Å². The summed E-state index contributed by atoms with van der Waals surface area (Å²) in [5, 5.41) is 4.48. The number of carbonyl (C=O) groups excluding carboxylic acids is 1. The van der Waals surface area contributed by atoms with Gasteiger partial charge in [0.15, 0.2) is 11.5 Å². The summed E-state index contributed by atoms with van der Waals surface area (Å²) in [6.45, 7) is 5.56. The van der Waals surface area contributed by atoms with E-state index in [4.69, 9.17) is 9.47 Å². The molecule has 1 aromatic carbocycles. The Bertz CT molecular complexity index is 910. The van der Waals surface area contributed by atoms with Crippen LogP contribution < -0.4 is 4.74 Å². The van der Waals surface area contributed by atoms with Crippen LogP contribution in [0.5, 0.6) is 5.75 Å². The van der Waals surface area contributed by atoms with Crippen LogP contribution in [0.15, 0.2) is 42.6 Å². The highest BCUT2D eigenvalue weighted by atomic mass is 16.6. The fourth-order valence-corrected chi connectivity index (χ4v) is 2.52. The van der Waals surface area contributed by atoms with Crippen LogP contribution >= 0.6 is 0 Å². The van der Waals surface area contributed by atoms with E-state index >= 15 is 0 Å². The predicted molar refractivity (Wildman–Crippen MR) is 94.5 cm³/mol. The maximum absolute atomic E-state index is 12.0. The molecule has 0 fully saturated rings. The molecule has 0 aliphatic carbocycles. The molecule has 6 nitrogen and oxygen atoms in total. The summed E-state index contributed by atoms with van der Waals surface area (Å²) in [6.07, 6.45) is 1.99. The summed E-state index contributed by atoms with van der Waals surface area (Å²) in [5.74, 6) is 1.03. The molecule has 0 radical (unpaired) electrons. The van der Waals surface area contributed by atoms with E-state index < -0.39 is 5.60 Å². The average Bonchev–Trinajstić information content (AvgIpc) is 2.96. The van der Waals surface area contributed by atoms with E-state index in [2.05, 4.69) is 10.1 Å². The van der Waals surface area contributed by atoms with Crippen molar-refractivity contribution in [1.29, 1.82) is 0 Å². The van der Waals surface area contributed by atoms with Gasteiger partial charge in [0.1, 0.15) is 11.4 Å². The lowest BCUT2D eigenvalue weighted by molar-refractivity contribution is -0.153. The number of carbonyl (C=O) groups is 1. The Kier molecular flexibility index (Phi) is 4.44. The molecule has 0 saturated heterocycles. The molecule has 2 heterocycles. The first-order valence-corrected chi connectivity index (χ1v) is 8.06. The van der Waals surface area contributed by atoms with E-state index in [-0.39, 0.29) is 12.4 Å². The van der Waals surface area contributed by atoms with Gasteiger partial charge in [-0.2, -0.15) is 0 Å². The topological polar surface area (TPSA) is 65.7 Å². The lowest BCUT2D eigenvalue weighted by Crippen LogP contribution is -2.24. The number of hydrogen-bond acceptors (Lipinski definition) is 5. The number of benzene rings is 1. The first kappa shape index (κ1) is 17.0. The van der Waals surface area contributed by atoms with E-state index in [1.165, 1.54) is 0 Å². The molecule has 25 heavy (non-hydrogen) atoms. The number of rotatable bonds is 4. The number of hydrogen-bond donors (Lipinski definition) is 0. The van der Waals surface area contributed by atoms with Crippen molar-refractivity contribution >= 4 is 11.6 Å². The summed E-state index contributed by atoms with van der Waals surface area (Å²) in [7, 11) is 1.62. The van der Waals surface area contributed by atoms with Gasteiger partial charge in [-0.3, -0.25) is 4.79 Å². The smallest absolute Gasteiger partial charge is 0.310 e. The Morgan fingerprint density at radius 3 is 2.68 bits per heavy atom. The molecule has 0 bridgehead atoms. The summed E-state index contributed by atoms with van der Waals surface area (Å²) < 4.78 is 12.4. The first-order valence-electron chi connectivity index (χ1n) is 8.06. The minimum atomic E-state index is -0.493. The van der Waals surface area contributed by atoms with E-state index in [1.807, 2.05) is 57.2 Å². The molecule has 6 heteroatoms. The molecule has 0 unspecified atom stereocenters. The molecule has 0 amide bonds. The number of fused-ring (bicyclic) bond motifs is 1. The van der Waals surface area contributed by atoms with Crippen molar-refractivity contribution in [3.05, 3.63) is 48.2 Å². The van der Waals surface area contributed by atoms with E-state index in [1.54, 1.807) is 17.8 Å². The summed E-state index contributed by atoms with van der Waals surface area (Å²) >= 11 is 0. The van der Waals surface area contributed by atoms with Crippen LogP contribution in [0.1, 0.15) is 26.3 Å². The Balaban J connectivity index is 1.88. The summed E-state index contributed by atoms with van der Waals surface area (Å²) in [5.41, 5.74) is 1.83. The second-order valence-corrected chi connectivity index (χ2v) is 6.74. The maximum atomic E-state index is 12.0. The molecule has 0 aliphatic heterocycles. The number of ether oxygens (including phenoxy) is 2. The molecule has 3 aromatic rings. The third kappa shape index (κ3) is 3.96. The van der Waals surface area contributed by atoms with Crippen LogP contribution in [0.25, 0.3) is 17.0 Å². The van der Waals surface area contributed by atoms with Crippen molar-refractivity contribution < 1.29 is 14.3 Å². The third-order valence-electron chi connectivity index (χ3n) is 3.52. The highest BCUT2D eigenvalue weighted by molar-refractivity contribution is 5.73. The number of pyridine rings is 1. The van der Waals surface area contributed by atoms with Gasteiger partial charge in [-0.25, -0.2) is 9.50 Å². The van der Waals surface area contributed by atoms with Crippen molar-refractivity contribution in [2.75, 3.05) is 7.11 Å². The lowest BCUT2D eigenvalue weighted by atomic mass is 10.1. The SMILES string of the molecule is COc1ccccc1-c1nc2cc(CC(=O)OC(C)(C)C)ccn2n1. The number of methoxy groups -OCH3 is 1. The van der Waals surface area contributed by atoms with Crippen LogP contribution in [0.4, 0.5) is 0 Å². The second kappa shape index (κ2) is 6.55. The number of aromatic nitrogens is 3. The van der Waals surface area contributed by atoms with Gasteiger partial charge in [-0.1, -0.05) is 12.1 Å². The van der Waals surface area contributed by atoms with E-state index in [9.17, 15) is 4.79 Å². The lowest BCUT2D eigenvalue weighted by Gasteiger charge is -2.19. The minimum absolute atomic E-state index is 0.199. The maximum Gasteiger partial charge on any atom is 0.310 e.